The predicted molar refractivity (Wildman–Crippen MR) is 75.3 cm³/mol. The summed E-state index contributed by atoms with van der Waals surface area (Å²) < 4.78 is 39.4. The molecule has 2 rings (SSSR count). The van der Waals surface area contributed by atoms with Gasteiger partial charge < -0.3 is 10.6 Å². The molecule has 0 aliphatic carbocycles. The molecule has 0 spiro atoms. The molecule has 1 heterocycles. The van der Waals surface area contributed by atoms with E-state index in [2.05, 4.69) is 15.7 Å². The summed E-state index contributed by atoms with van der Waals surface area (Å²) in [6, 6.07) is 5.75. The molecule has 2 amide bonds. The van der Waals surface area contributed by atoms with Crippen molar-refractivity contribution >= 4 is 11.7 Å². The number of aromatic nitrogens is 2. The molecular formula is C14H15F3N4O. The maximum absolute atomic E-state index is 12.6. The number of carbonyl (C=O) groups is 1. The molecular weight excluding hydrogens is 297 g/mol. The average Bonchev–Trinajstić information content (AvgIpc) is 2.96. The highest BCUT2D eigenvalue weighted by Crippen LogP contribution is 2.30. The van der Waals surface area contributed by atoms with Crippen LogP contribution in [0.1, 0.15) is 12.0 Å². The molecule has 2 N–H and O–H groups in total. The topological polar surface area (TPSA) is 59.0 Å². The molecule has 0 radical (unpaired) electrons. The van der Waals surface area contributed by atoms with Crippen LogP contribution in [0.3, 0.4) is 0 Å². The minimum atomic E-state index is -4.43. The molecule has 0 saturated heterocycles. The number of aryl methyl sites for hydroxylation is 1. The minimum Gasteiger partial charge on any atom is -0.338 e. The largest absolute Gasteiger partial charge is 0.416 e. The molecule has 1 aromatic heterocycles. The summed E-state index contributed by atoms with van der Waals surface area (Å²) >= 11 is 0. The lowest BCUT2D eigenvalue weighted by molar-refractivity contribution is -0.137. The first-order valence-electron chi connectivity index (χ1n) is 6.65. The van der Waals surface area contributed by atoms with Gasteiger partial charge in [-0.25, -0.2) is 4.79 Å². The second-order valence-electron chi connectivity index (χ2n) is 4.58. The van der Waals surface area contributed by atoms with Crippen molar-refractivity contribution in [1.82, 2.24) is 15.1 Å². The van der Waals surface area contributed by atoms with Crippen molar-refractivity contribution in [3.8, 4) is 0 Å². The third kappa shape index (κ3) is 4.80. The zero-order valence-electron chi connectivity index (χ0n) is 11.6. The van der Waals surface area contributed by atoms with Crippen molar-refractivity contribution in [2.45, 2.75) is 19.1 Å². The third-order valence-corrected chi connectivity index (χ3v) is 2.86. The van der Waals surface area contributed by atoms with Crippen LogP contribution in [0.2, 0.25) is 0 Å². The van der Waals surface area contributed by atoms with Gasteiger partial charge in [-0.2, -0.15) is 18.3 Å². The van der Waals surface area contributed by atoms with Crippen molar-refractivity contribution < 1.29 is 18.0 Å². The maximum Gasteiger partial charge on any atom is 0.416 e. The van der Waals surface area contributed by atoms with Gasteiger partial charge in [-0.05, 0) is 30.7 Å². The van der Waals surface area contributed by atoms with E-state index >= 15 is 0 Å². The second kappa shape index (κ2) is 6.97. The molecule has 5 nitrogen and oxygen atoms in total. The van der Waals surface area contributed by atoms with E-state index in [-0.39, 0.29) is 5.69 Å². The number of rotatable bonds is 5. The fourth-order valence-electron chi connectivity index (χ4n) is 1.82. The van der Waals surface area contributed by atoms with Crippen LogP contribution in [-0.4, -0.2) is 22.4 Å². The third-order valence-electron chi connectivity index (χ3n) is 2.86. The molecule has 1 aromatic carbocycles. The molecule has 0 bridgehead atoms. The number of urea groups is 1. The number of carbonyl (C=O) groups excluding carboxylic acids is 1. The highest BCUT2D eigenvalue weighted by molar-refractivity contribution is 5.89. The monoisotopic (exact) mass is 312 g/mol. The van der Waals surface area contributed by atoms with Crippen molar-refractivity contribution in [2.24, 2.45) is 0 Å². The van der Waals surface area contributed by atoms with Crippen molar-refractivity contribution in [1.29, 1.82) is 0 Å². The summed E-state index contributed by atoms with van der Waals surface area (Å²) in [5.74, 6) is 0. The first-order chi connectivity index (χ1) is 10.4. The Bertz CT molecular complexity index is 611. The highest BCUT2D eigenvalue weighted by atomic mass is 19.4. The molecule has 0 aliphatic rings. The molecule has 0 fully saturated rings. The van der Waals surface area contributed by atoms with Crippen molar-refractivity contribution in [2.75, 3.05) is 11.9 Å². The van der Waals surface area contributed by atoms with E-state index in [1.807, 2.05) is 6.20 Å². The molecule has 0 aliphatic heterocycles. The van der Waals surface area contributed by atoms with Gasteiger partial charge in [0, 0.05) is 31.2 Å². The second-order valence-corrected chi connectivity index (χ2v) is 4.58. The van der Waals surface area contributed by atoms with Gasteiger partial charge in [-0.3, -0.25) is 4.68 Å². The molecule has 8 heteroatoms. The van der Waals surface area contributed by atoms with Crippen LogP contribution in [0.25, 0.3) is 0 Å². The van der Waals surface area contributed by atoms with Crippen molar-refractivity contribution in [3.05, 3.63) is 48.3 Å². The number of nitrogens with one attached hydrogen (secondary N) is 2. The molecule has 118 valence electrons. The molecule has 0 saturated carbocycles. The summed E-state index contributed by atoms with van der Waals surface area (Å²) in [5, 5.41) is 8.97. The SMILES string of the molecule is O=C(NCCCn1cccn1)Nc1cccc(C(F)(F)F)c1. The van der Waals surface area contributed by atoms with E-state index in [0.717, 1.165) is 12.1 Å². The van der Waals surface area contributed by atoms with Crippen LogP contribution in [-0.2, 0) is 12.7 Å². The minimum absolute atomic E-state index is 0.0967. The Morgan fingerprint density at radius 1 is 1.27 bits per heavy atom. The van der Waals surface area contributed by atoms with Crippen molar-refractivity contribution in [3.63, 3.8) is 0 Å². The van der Waals surface area contributed by atoms with Crippen LogP contribution in [0.4, 0.5) is 23.7 Å². The van der Waals surface area contributed by atoms with Gasteiger partial charge in [0.25, 0.3) is 0 Å². The number of hydrogen-bond acceptors (Lipinski definition) is 2. The number of hydrogen-bond donors (Lipinski definition) is 2. The smallest absolute Gasteiger partial charge is 0.338 e. The summed E-state index contributed by atoms with van der Waals surface area (Å²) in [6.07, 6.45) is -0.300. The Labute approximate surface area is 125 Å². The van der Waals surface area contributed by atoms with Gasteiger partial charge >= 0.3 is 12.2 Å². The number of halogens is 3. The maximum atomic E-state index is 12.6. The highest BCUT2D eigenvalue weighted by Gasteiger charge is 2.30. The van der Waals surface area contributed by atoms with E-state index in [0.29, 0.717) is 19.5 Å². The van der Waals surface area contributed by atoms with Gasteiger partial charge in [-0.1, -0.05) is 6.07 Å². The first-order valence-corrected chi connectivity index (χ1v) is 6.65. The average molecular weight is 312 g/mol. The standard InChI is InChI=1S/C14H15F3N4O/c15-14(16,17)11-4-1-5-12(10-11)20-13(22)18-6-2-8-21-9-3-7-19-21/h1,3-5,7,9-10H,2,6,8H2,(H2,18,20,22). The molecule has 0 atom stereocenters. The van der Waals surface area contributed by atoms with Crippen LogP contribution < -0.4 is 10.6 Å². The first kappa shape index (κ1) is 15.9. The van der Waals surface area contributed by atoms with E-state index in [9.17, 15) is 18.0 Å². The van der Waals surface area contributed by atoms with Crippen LogP contribution in [0.5, 0.6) is 0 Å². The van der Waals surface area contributed by atoms with Gasteiger partial charge in [0.2, 0.25) is 0 Å². The Hall–Kier alpha value is -2.51. The van der Waals surface area contributed by atoms with Gasteiger partial charge in [0.15, 0.2) is 0 Å². The normalized spacial score (nSPS) is 11.2. The zero-order valence-corrected chi connectivity index (χ0v) is 11.6. The number of alkyl halides is 3. The van der Waals surface area contributed by atoms with E-state index in [4.69, 9.17) is 0 Å². The van der Waals surface area contributed by atoms with Gasteiger partial charge in [-0.15, -0.1) is 0 Å². The van der Waals surface area contributed by atoms with E-state index in [1.54, 1.807) is 16.9 Å². The summed E-state index contributed by atoms with van der Waals surface area (Å²) in [6.45, 7) is 1.04. The number of benzene rings is 1. The fourth-order valence-corrected chi connectivity index (χ4v) is 1.82. The van der Waals surface area contributed by atoms with Gasteiger partial charge in [0.05, 0.1) is 5.56 Å². The summed E-state index contributed by atoms with van der Waals surface area (Å²) in [7, 11) is 0. The number of nitrogens with zero attached hydrogens (tertiary/aromatic N) is 2. The molecule has 0 unspecified atom stereocenters. The molecule has 2 aromatic rings. The lowest BCUT2D eigenvalue weighted by Crippen LogP contribution is -2.30. The number of amides is 2. The molecule has 22 heavy (non-hydrogen) atoms. The quantitative estimate of drug-likeness (QED) is 0.833. The Morgan fingerprint density at radius 2 is 2.09 bits per heavy atom. The fraction of sp³-hybridized carbons (Fsp3) is 0.286. The Balaban J connectivity index is 1.77. The van der Waals surface area contributed by atoms with Crippen LogP contribution in [0, 0.1) is 0 Å². The summed E-state index contributed by atoms with van der Waals surface area (Å²) in [5.41, 5.74) is -0.705. The lowest BCUT2D eigenvalue weighted by Gasteiger charge is -2.10. The number of anilines is 1. The zero-order chi connectivity index (χ0) is 16.0. The predicted octanol–water partition coefficient (Wildman–Crippen LogP) is 3.11. The van der Waals surface area contributed by atoms with E-state index in [1.165, 1.54) is 12.1 Å². The van der Waals surface area contributed by atoms with Crippen LogP contribution >= 0.6 is 0 Å². The van der Waals surface area contributed by atoms with Gasteiger partial charge in [0.1, 0.15) is 0 Å². The van der Waals surface area contributed by atoms with E-state index < -0.39 is 17.8 Å². The Morgan fingerprint density at radius 3 is 2.77 bits per heavy atom. The summed E-state index contributed by atoms with van der Waals surface area (Å²) in [4.78, 5) is 11.6. The Kier molecular flexibility index (Phi) is 5.03. The lowest BCUT2D eigenvalue weighted by atomic mass is 10.2. The van der Waals surface area contributed by atoms with Crippen LogP contribution in [0.15, 0.2) is 42.7 Å².